The van der Waals surface area contributed by atoms with Gasteiger partial charge in [0.15, 0.2) is 0 Å². The number of nitriles is 1. The molecule has 0 radical (unpaired) electrons. The van der Waals surface area contributed by atoms with E-state index in [1.165, 1.54) is 114 Å². The van der Waals surface area contributed by atoms with Crippen LogP contribution in [-0.4, -0.2) is 24.7 Å². The highest BCUT2D eigenvalue weighted by Gasteiger charge is 2.05. The molecule has 0 atom stereocenters. The molecule has 41 heavy (non-hydrogen) atoms. The van der Waals surface area contributed by atoms with Crippen LogP contribution in [0.5, 0.6) is 0 Å². The quantitative estimate of drug-likeness (QED) is 0.0678. The predicted octanol–water partition coefficient (Wildman–Crippen LogP) is 10.5. The van der Waals surface area contributed by atoms with Gasteiger partial charge in [0, 0.05) is 19.3 Å². The Morgan fingerprint density at radius 1 is 0.683 bits per heavy atom. The van der Waals surface area contributed by atoms with Gasteiger partial charge in [-0.1, -0.05) is 152 Å². The van der Waals surface area contributed by atoms with Crippen LogP contribution in [0.15, 0.2) is 54.1 Å². The second kappa shape index (κ2) is 21.4. The first kappa shape index (κ1) is 33.9. The molecule has 2 rings (SSSR count). The molecule has 0 fully saturated rings. The number of anilines is 1. The standard InChI is InChI=1S/C37H52N2O2/c1-3-4-5-6-7-8-9-10-11-12-13-14-15-16-17-18-29-39(2)36-27-25-33(26-28-36)20-19-32-21-23-34(24-22-32)30-35(31-38)37(40)41/h19-28,30H,3-18,29H2,1-2H3,(H,40,41)/b20-19+,35-30-. The largest absolute Gasteiger partial charge is 0.477 e. The second-order valence-electron chi connectivity index (χ2n) is 11.3. The zero-order valence-electron chi connectivity index (χ0n) is 25.6. The molecule has 0 saturated carbocycles. The lowest BCUT2D eigenvalue weighted by Crippen LogP contribution is -2.18. The Labute approximate surface area is 249 Å². The van der Waals surface area contributed by atoms with Crippen LogP contribution in [0.4, 0.5) is 5.69 Å². The van der Waals surface area contributed by atoms with Crippen molar-refractivity contribution in [3.05, 3.63) is 70.8 Å². The third kappa shape index (κ3) is 15.3. The average Bonchev–Trinajstić information content (AvgIpc) is 2.99. The minimum Gasteiger partial charge on any atom is -0.477 e. The van der Waals surface area contributed by atoms with Gasteiger partial charge in [-0.15, -0.1) is 0 Å². The van der Waals surface area contributed by atoms with Crippen molar-refractivity contribution in [2.45, 2.75) is 110 Å². The highest BCUT2D eigenvalue weighted by molar-refractivity contribution is 5.96. The number of rotatable bonds is 22. The maximum absolute atomic E-state index is 11.0. The molecule has 1 N–H and O–H groups in total. The summed E-state index contributed by atoms with van der Waals surface area (Å²) in [5.74, 6) is -1.21. The van der Waals surface area contributed by atoms with Crippen molar-refractivity contribution in [1.82, 2.24) is 0 Å². The van der Waals surface area contributed by atoms with E-state index in [1.54, 1.807) is 6.07 Å². The molecule has 4 heteroatoms. The lowest BCUT2D eigenvalue weighted by atomic mass is 10.0. The Kier molecular flexibility index (Phi) is 17.7. The van der Waals surface area contributed by atoms with E-state index < -0.39 is 5.97 Å². The number of hydrogen-bond acceptors (Lipinski definition) is 3. The summed E-state index contributed by atoms with van der Waals surface area (Å²) >= 11 is 0. The van der Waals surface area contributed by atoms with Gasteiger partial charge in [0.2, 0.25) is 0 Å². The van der Waals surface area contributed by atoms with E-state index in [4.69, 9.17) is 10.4 Å². The van der Waals surface area contributed by atoms with Gasteiger partial charge in [0.1, 0.15) is 11.6 Å². The fourth-order valence-corrected chi connectivity index (χ4v) is 5.07. The predicted molar refractivity (Wildman–Crippen MR) is 176 cm³/mol. The highest BCUT2D eigenvalue weighted by Crippen LogP contribution is 2.18. The summed E-state index contributed by atoms with van der Waals surface area (Å²) in [6.07, 6.45) is 27.8. The summed E-state index contributed by atoms with van der Waals surface area (Å²) in [4.78, 5) is 13.3. The lowest BCUT2D eigenvalue weighted by Gasteiger charge is -2.19. The van der Waals surface area contributed by atoms with Crippen LogP contribution in [0.25, 0.3) is 18.2 Å². The monoisotopic (exact) mass is 556 g/mol. The summed E-state index contributed by atoms with van der Waals surface area (Å²) in [6.45, 7) is 3.37. The summed E-state index contributed by atoms with van der Waals surface area (Å²) < 4.78 is 0. The first-order chi connectivity index (χ1) is 20.0. The van der Waals surface area contributed by atoms with Gasteiger partial charge >= 0.3 is 5.97 Å². The Morgan fingerprint density at radius 2 is 1.07 bits per heavy atom. The summed E-state index contributed by atoms with van der Waals surface area (Å²) in [6, 6.07) is 17.8. The Hall–Kier alpha value is -3.32. The van der Waals surface area contributed by atoms with Gasteiger partial charge < -0.3 is 10.0 Å². The van der Waals surface area contributed by atoms with Gasteiger partial charge in [-0.3, -0.25) is 0 Å². The molecule has 2 aromatic rings. The fraction of sp³-hybridized carbons (Fsp3) is 0.514. The van der Waals surface area contributed by atoms with Crippen molar-refractivity contribution in [3.63, 3.8) is 0 Å². The molecule has 4 nitrogen and oxygen atoms in total. The minimum atomic E-state index is -1.21. The van der Waals surface area contributed by atoms with Crippen LogP contribution in [0.2, 0.25) is 0 Å². The van der Waals surface area contributed by atoms with E-state index in [-0.39, 0.29) is 5.57 Å². The summed E-state index contributed by atoms with van der Waals surface area (Å²) in [5.41, 5.74) is 3.81. The topological polar surface area (TPSA) is 64.3 Å². The van der Waals surface area contributed by atoms with Gasteiger partial charge in [0.05, 0.1) is 0 Å². The number of aliphatic carboxylic acids is 1. The van der Waals surface area contributed by atoms with Crippen LogP contribution in [0, 0.1) is 11.3 Å². The van der Waals surface area contributed by atoms with E-state index in [9.17, 15) is 4.79 Å². The molecular weight excluding hydrogens is 504 g/mol. The fourth-order valence-electron chi connectivity index (χ4n) is 5.07. The Morgan fingerprint density at radius 3 is 1.49 bits per heavy atom. The summed E-state index contributed by atoms with van der Waals surface area (Å²) in [5, 5.41) is 17.9. The molecule has 0 aliphatic carbocycles. The molecule has 0 heterocycles. The number of carboxylic acids is 1. The van der Waals surface area contributed by atoms with Crippen molar-refractivity contribution < 1.29 is 9.90 Å². The van der Waals surface area contributed by atoms with Crippen LogP contribution in [0.1, 0.15) is 126 Å². The van der Waals surface area contributed by atoms with Crippen LogP contribution >= 0.6 is 0 Å². The van der Waals surface area contributed by atoms with E-state index in [0.29, 0.717) is 5.56 Å². The molecule has 0 aliphatic rings. The zero-order valence-corrected chi connectivity index (χ0v) is 25.6. The van der Waals surface area contributed by atoms with Crippen molar-refractivity contribution in [3.8, 4) is 6.07 Å². The maximum Gasteiger partial charge on any atom is 0.346 e. The van der Waals surface area contributed by atoms with Crippen LogP contribution < -0.4 is 4.90 Å². The van der Waals surface area contributed by atoms with Gasteiger partial charge in [-0.05, 0) is 41.3 Å². The van der Waals surface area contributed by atoms with Crippen LogP contribution in [-0.2, 0) is 4.79 Å². The highest BCUT2D eigenvalue weighted by atomic mass is 16.4. The van der Waals surface area contributed by atoms with Crippen molar-refractivity contribution in [1.29, 1.82) is 5.26 Å². The van der Waals surface area contributed by atoms with E-state index in [1.807, 2.05) is 30.3 Å². The molecule has 0 aliphatic heterocycles. The molecule has 222 valence electrons. The van der Waals surface area contributed by atoms with Gasteiger partial charge in [0.25, 0.3) is 0 Å². The third-order valence-electron chi connectivity index (χ3n) is 7.75. The summed E-state index contributed by atoms with van der Waals surface area (Å²) in [7, 11) is 2.17. The van der Waals surface area contributed by atoms with Gasteiger partial charge in [-0.25, -0.2) is 4.79 Å². The normalized spacial score (nSPS) is 11.6. The Balaban J connectivity index is 1.55. The molecule has 0 spiro atoms. The van der Waals surface area contributed by atoms with E-state index in [0.717, 1.165) is 17.7 Å². The number of benzene rings is 2. The Bertz CT molecular complexity index is 1080. The first-order valence-electron chi connectivity index (χ1n) is 16.0. The van der Waals surface area contributed by atoms with Crippen molar-refractivity contribution in [2.24, 2.45) is 0 Å². The zero-order chi connectivity index (χ0) is 29.5. The van der Waals surface area contributed by atoms with E-state index >= 15 is 0 Å². The molecular formula is C37H52N2O2. The van der Waals surface area contributed by atoms with Crippen molar-refractivity contribution >= 4 is 29.9 Å². The molecule has 0 amide bonds. The second-order valence-corrected chi connectivity index (χ2v) is 11.3. The molecule has 0 aromatic heterocycles. The van der Waals surface area contributed by atoms with Crippen LogP contribution in [0.3, 0.4) is 0 Å². The lowest BCUT2D eigenvalue weighted by molar-refractivity contribution is -0.132. The number of hydrogen-bond donors (Lipinski definition) is 1. The van der Waals surface area contributed by atoms with Gasteiger partial charge in [-0.2, -0.15) is 5.26 Å². The van der Waals surface area contributed by atoms with Crippen molar-refractivity contribution in [2.75, 3.05) is 18.5 Å². The minimum absolute atomic E-state index is 0.270. The maximum atomic E-state index is 11.0. The number of carbonyl (C=O) groups is 1. The molecule has 0 bridgehead atoms. The third-order valence-corrected chi connectivity index (χ3v) is 7.75. The smallest absolute Gasteiger partial charge is 0.346 e. The number of nitrogens with zero attached hydrogens (tertiary/aromatic N) is 2. The molecule has 0 saturated heterocycles. The first-order valence-corrected chi connectivity index (χ1v) is 16.0. The number of unbranched alkanes of at least 4 members (excludes halogenated alkanes) is 15. The average molecular weight is 557 g/mol. The molecule has 2 aromatic carbocycles. The SMILES string of the molecule is CCCCCCCCCCCCCCCCCCN(C)c1ccc(/C=C/c2ccc(/C=C(/C#N)C(=O)O)cc2)cc1. The number of carboxylic acid groups (broad SMARTS) is 1. The van der Waals surface area contributed by atoms with E-state index in [2.05, 4.69) is 49.2 Å². The molecule has 0 unspecified atom stereocenters.